The SMILES string of the molecule is CCCCCCCCCCC[C@@H](N)c1ccc(C)cc1. The van der Waals surface area contributed by atoms with Crippen molar-refractivity contribution in [2.45, 2.75) is 84.1 Å². The first-order chi connectivity index (χ1) is 9.74. The third-order valence-electron chi connectivity index (χ3n) is 4.12. The van der Waals surface area contributed by atoms with E-state index in [9.17, 15) is 0 Å². The second-order valence-corrected chi connectivity index (χ2v) is 6.13. The Kier molecular flexibility index (Phi) is 9.40. The first kappa shape index (κ1) is 17.2. The highest BCUT2D eigenvalue weighted by molar-refractivity contribution is 5.23. The molecular weight excluding hydrogens is 242 g/mol. The van der Waals surface area contributed by atoms with Crippen LogP contribution in [0.5, 0.6) is 0 Å². The van der Waals surface area contributed by atoms with E-state index in [1.165, 1.54) is 68.9 Å². The Labute approximate surface area is 126 Å². The molecule has 0 aliphatic carbocycles. The Bertz CT molecular complexity index is 328. The van der Waals surface area contributed by atoms with Gasteiger partial charge in [-0.25, -0.2) is 0 Å². The van der Waals surface area contributed by atoms with Crippen molar-refractivity contribution in [3.05, 3.63) is 35.4 Å². The summed E-state index contributed by atoms with van der Waals surface area (Å²) in [5, 5.41) is 0. The van der Waals surface area contributed by atoms with Crippen LogP contribution in [-0.2, 0) is 0 Å². The maximum Gasteiger partial charge on any atom is 0.0294 e. The summed E-state index contributed by atoms with van der Waals surface area (Å²) >= 11 is 0. The molecule has 0 fully saturated rings. The molecule has 0 heterocycles. The van der Waals surface area contributed by atoms with Gasteiger partial charge in [-0.2, -0.15) is 0 Å². The van der Waals surface area contributed by atoms with Crippen LogP contribution >= 0.6 is 0 Å². The fraction of sp³-hybridized carbons (Fsp3) is 0.684. The molecule has 1 aromatic carbocycles. The maximum absolute atomic E-state index is 6.24. The molecule has 1 rings (SSSR count). The Hall–Kier alpha value is -0.820. The molecule has 1 aromatic rings. The largest absolute Gasteiger partial charge is 0.324 e. The molecule has 0 aromatic heterocycles. The van der Waals surface area contributed by atoms with Crippen molar-refractivity contribution < 1.29 is 0 Å². The van der Waals surface area contributed by atoms with Crippen LogP contribution in [0.15, 0.2) is 24.3 Å². The van der Waals surface area contributed by atoms with E-state index in [0.717, 1.165) is 6.42 Å². The van der Waals surface area contributed by atoms with Crippen molar-refractivity contribution in [1.29, 1.82) is 0 Å². The Morgan fingerprint density at radius 3 is 1.85 bits per heavy atom. The predicted octanol–water partition coefficient (Wildman–Crippen LogP) is 5.92. The van der Waals surface area contributed by atoms with Crippen LogP contribution in [0.4, 0.5) is 0 Å². The molecule has 1 atom stereocenters. The molecule has 0 spiro atoms. The highest BCUT2D eigenvalue weighted by Crippen LogP contribution is 2.18. The highest BCUT2D eigenvalue weighted by Gasteiger charge is 2.04. The van der Waals surface area contributed by atoms with Gasteiger partial charge in [-0.1, -0.05) is 94.5 Å². The molecular formula is C19H33N. The van der Waals surface area contributed by atoms with E-state index in [1.807, 2.05) is 0 Å². The molecule has 20 heavy (non-hydrogen) atoms. The molecule has 0 aliphatic rings. The van der Waals surface area contributed by atoms with Crippen LogP contribution in [0.25, 0.3) is 0 Å². The zero-order valence-corrected chi connectivity index (χ0v) is 13.5. The monoisotopic (exact) mass is 275 g/mol. The fourth-order valence-electron chi connectivity index (χ4n) is 2.66. The molecule has 0 unspecified atom stereocenters. The van der Waals surface area contributed by atoms with Crippen molar-refractivity contribution >= 4 is 0 Å². The van der Waals surface area contributed by atoms with Gasteiger partial charge >= 0.3 is 0 Å². The Morgan fingerprint density at radius 2 is 1.30 bits per heavy atom. The Balaban J connectivity index is 1.99. The number of nitrogens with two attached hydrogens (primary N) is 1. The van der Waals surface area contributed by atoms with Crippen LogP contribution in [0.2, 0.25) is 0 Å². The zero-order valence-electron chi connectivity index (χ0n) is 13.5. The van der Waals surface area contributed by atoms with Crippen LogP contribution in [0, 0.1) is 6.92 Å². The first-order valence-corrected chi connectivity index (χ1v) is 8.56. The number of rotatable bonds is 11. The van der Waals surface area contributed by atoms with Crippen LogP contribution in [0.3, 0.4) is 0 Å². The van der Waals surface area contributed by atoms with Gasteiger partial charge in [-0.15, -0.1) is 0 Å². The van der Waals surface area contributed by atoms with Gasteiger partial charge in [0.05, 0.1) is 0 Å². The molecule has 2 N–H and O–H groups in total. The summed E-state index contributed by atoms with van der Waals surface area (Å²) < 4.78 is 0. The Morgan fingerprint density at radius 1 is 0.800 bits per heavy atom. The predicted molar refractivity (Wildman–Crippen MR) is 90.0 cm³/mol. The van der Waals surface area contributed by atoms with Crippen molar-refractivity contribution in [2.75, 3.05) is 0 Å². The van der Waals surface area contributed by atoms with Gasteiger partial charge in [0.2, 0.25) is 0 Å². The average Bonchev–Trinajstić information content (AvgIpc) is 2.46. The number of unbranched alkanes of at least 4 members (excludes halogenated alkanes) is 8. The van der Waals surface area contributed by atoms with E-state index in [1.54, 1.807) is 0 Å². The highest BCUT2D eigenvalue weighted by atomic mass is 14.6. The molecule has 114 valence electrons. The molecule has 1 nitrogen and oxygen atoms in total. The topological polar surface area (TPSA) is 26.0 Å². The van der Waals surface area contributed by atoms with E-state index in [-0.39, 0.29) is 6.04 Å². The maximum atomic E-state index is 6.24. The lowest BCUT2D eigenvalue weighted by atomic mass is 9.99. The van der Waals surface area contributed by atoms with Gasteiger partial charge in [0.15, 0.2) is 0 Å². The average molecular weight is 275 g/mol. The van der Waals surface area contributed by atoms with Gasteiger partial charge < -0.3 is 5.73 Å². The van der Waals surface area contributed by atoms with E-state index < -0.39 is 0 Å². The minimum Gasteiger partial charge on any atom is -0.324 e. The quantitative estimate of drug-likeness (QED) is 0.499. The summed E-state index contributed by atoms with van der Waals surface area (Å²) in [6.45, 7) is 4.40. The first-order valence-electron chi connectivity index (χ1n) is 8.56. The minimum absolute atomic E-state index is 0.222. The van der Waals surface area contributed by atoms with Crippen molar-refractivity contribution in [2.24, 2.45) is 5.73 Å². The molecule has 0 bridgehead atoms. The number of hydrogen-bond donors (Lipinski definition) is 1. The van der Waals surface area contributed by atoms with Crippen LogP contribution < -0.4 is 5.73 Å². The van der Waals surface area contributed by atoms with Gasteiger partial charge in [-0.05, 0) is 18.9 Å². The summed E-state index contributed by atoms with van der Waals surface area (Å²) in [5.74, 6) is 0. The number of aryl methyl sites for hydroxylation is 1. The second kappa shape index (κ2) is 10.9. The van der Waals surface area contributed by atoms with Gasteiger partial charge in [0, 0.05) is 6.04 Å². The smallest absolute Gasteiger partial charge is 0.0294 e. The van der Waals surface area contributed by atoms with Crippen LogP contribution in [-0.4, -0.2) is 0 Å². The summed E-state index contributed by atoms with van der Waals surface area (Å²) in [6.07, 6.45) is 13.5. The normalized spacial score (nSPS) is 12.6. The lowest BCUT2D eigenvalue weighted by molar-refractivity contribution is 0.532. The zero-order chi connectivity index (χ0) is 14.6. The van der Waals surface area contributed by atoms with E-state index in [0.29, 0.717) is 0 Å². The summed E-state index contributed by atoms with van der Waals surface area (Å²) in [7, 11) is 0. The fourth-order valence-corrected chi connectivity index (χ4v) is 2.66. The van der Waals surface area contributed by atoms with E-state index in [4.69, 9.17) is 5.73 Å². The standard InChI is InChI=1S/C19H33N/c1-3-4-5-6-7-8-9-10-11-12-19(20)18-15-13-17(2)14-16-18/h13-16,19H,3-12,20H2,1-2H3/t19-/m1/s1. The summed E-state index contributed by atoms with van der Waals surface area (Å²) in [6, 6.07) is 8.89. The van der Waals surface area contributed by atoms with Crippen molar-refractivity contribution in [3.63, 3.8) is 0 Å². The van der Waals surface area contributed by atoms with E-state index >= 15 is 0 Å². The van der Waals surface area contributed by atoms with Crippen LogP contribution in [0.1, 0.15) is 88.3 Å². The number of hydrogen-bond acceptors (Lipinski definition) is 1. The van der Waals surface area contributed by atoms with Gasteiger partial charge in [-0.3, -0.25) is 0 Å². The van der Waals surface area contributed by atoms with Gasteiger partial charge in [0.1, 0.15) is 0 Å². The minimum atomic E-state index is 0.222. The molecule has 0 saturated carbocycles. The summed E-state index contributed by atoms with van der Waals surface area (Å²) in [4.78, 5) is 0. The van der Waals surface area contributed by atoms with Gasteiger partial charge in [0.25, 0.3) is 0 Å². The van der Waals surface area contributed by atoms with Crippen molar-refractivity contribution in [1.82, 2.24) is 0 Å². The molecule has 1 heteroatoms. The third-order valence-corrected chi connectivity index (χ3v) is 4.12. The molecule has 0 saturated heterocycles. The molecule has 0 amide bonds. The number of benzene rings is 1. The second-order valence-electron chi connectivity index (χ2n) is 6.13. The lowest BCUT2D eigenvalue weighted by Crippen LogP contribution is -2.09. The molecule has 0 radical (unpaired) electrons. The third kappa shape index (κ3) is 7.69. The molecule has 0 aliphatic heterocycles. The summed E-state index contributed by atoms with van der Waals surface area (Å²) in [5.41, 5.74) is 8.84. The van der Waals surface area contributed by atoms with Crippen molar-refractivity contribution in [3.8, 4) is 0 Å². The lowest BCUT2D eigenvalue weighted by Gasteiger charge is -2.12. The van der Waals surface area contributed by atoms with E-state index in [2.05, 4.69) is 38.1 Å².